The fraction of sp³-hybridized carbons (Fsp3) is 0.231. The van der Waals surface area contributed by atoms with Gasteiger partial charge in [-0.05, 0) is 49.2 Å². The standard InChI is InChI=1S/C26H28N4P/c1-29-25(27-26(28-29)30-19-11-12-20-30)21-31(22-13-5-2-6-14-22,23-15-7-3-8-16-23)24-17-9-4-10-18-24/h2-10,13-18H,11-12,19-21H2,1H3/q+1. The molecule has 1 aromatic heterocycles. The molecule has 0 atom stereocenters. The van der Waals surface area contributed by atoms with Crippen LogP contribution < -0.4 is 20.8 Å². The molecular formula is C26H28N4P+. The summed E-state index contributed by atoms with van der Waals surface area (Å²) in [5.74, 6) is 1.93. The minimum atomic E-state index is -1.96. The molecule has 2 heterocycles. The zero-order valence-electron chi connectivity index (χ0n) is 17.9. The molecule has 156 valence electrons. The second kappa shape index (κ2) is 8.64. The van der Waals surface area contributed by atoms with Crippen molar-refractivity contribution in [1.29, 1.82) is 0 Å². The Morgan fingerprint density at radius 3 is 1.61 bits per heavy atom. The average Bonchev–Trinajstić information content (AvgIpc) is 3.49. The van der Waals surface area contributed by atoms with E-state index in [1.54, 1.807) is 0 Å². The predicted molar refractivity (Wildman–Crippen MR) is 131 cm³/mol. The van der Waals surface area contributed by atoms with Gasteiger partial charge in [-0.15, -0.1) is 5.10 Å². The highest BCUT2D eigenvalue weighted by atomic mass is 31.2. The van der Waals surface area contributed by atoms with E-state index in [9.17, 15) is 0 Å². The van der Waals surface area contributed by atoms with E-state index in [0.717, 1.165) is 31.0 Å². The summed E-state index contributed by atoms with van der Waals surface area (Å²) in [6.07, 6.45) is 3.30. The van der Waals surface area contributed by atoms with Crippen LogP contribution in [0.4, 0.5) is 5.95 Å². The molecule has 1 aliphatic rings. The van der Waals surface area contributed by atoms with Gasteiger partial charge in [0.2, 0.25) is 5.95 Å². The number of hydrogen-bond donors (Lipinski definition) is 0. The minimum absolute atomic E-state index is 0.850. The van der Waals surface area contributed by atoms with E-state index in [4.69, 9.17) is 10.1 Å². The molecule has 0 radical (unpaired) electrons. The highest BCUT2D eigenvalue weighted by Crippen LogP contribution is 2.57. The fourth-order valence-electron chi connectivity index (χ4n) is 4.57. The van der Waals surface area contributed by atoms with E-state index in [-0.39, 0.29) is 0 Å². The highest BCUT2D eigenvalue weighted by molar-refractivity contribution is 7.95. The van der Waals surface area contributed by atoms with Gasteiger partial charge in [-0.2, -0.15) is 4.98 Å². The van der Waals surface area contributed by atoms with Gasteiger partial charge in [0.15, 0.2) is 5.82 Å². The maximum absolute atomic E-state index is 5.06. The number of hydrogen-bond acceptors (Lipinski definition) is 3. The van der Waals surface area contributed by atoms with Crippen LogP contribution in [-0.4, -0.2) is 27.9 Å². The lowest BCUT2D eigenvalue weighted by Gasteiger charge is -2.27. The first kappa shape index (κ1) is 20.0. The molecule has 0 aliphatic carbocycles. The van der Waals surface area contributed by atoms with Crippen molar-refractivity contribution in [3.63, 3.8) is 0 Å². The minimum Gasteiger partial charge on any atom is -0.340 e. The molecule has 0 bridgehead atoms. The summed E-state index contributed by atoms with van der Waals surface area (Å²) >= 11 is 0. The van der Waals surface area contributed by atoms with Crippen molar-refractivity contribution in [3.8, 4) is 0 Å². The van der Waals surface area contributed by atoms with E-state index in [2.05, 4.69) is 95.9 Å². The van der Waals surface area contributed by atoms with Crippen molar-refractivity contribution in [2.24, 2.45) is 7.05 Å². The van der Waals surface area contributed by atoms with Crippen LogP contribution in [0.1, 0.15) is 18.7 Å². The van der Waals surface area contributed by atoms with Crippen molar-refractivity contribution in [1.82, 2.24) is 14.8 Å². The molecule has 1 fully saturated rings. The Morgan fingerprint density at radius 2 is 1.16 bits per heavy atom. The lowest BCUT2D eigenvalue weighted by molar-refractivity contribution is 0.723. The summed E-state index contributed by atoms with van der Waals surface area (Å²) in [4.78, 5) is 7.38. The maximum Gasteiger partial charge on any atom is 0.245 e. The Bertz CT molecular complexity index is 1020. The molecule has 31 heavy (non-hydrogen) atoms. The lowest BCUT2D eigenvalue weighted by Crippen LogP contribution is -2.33. The van der Waals surface area contributed by atoms with Gasteiger partial charge in [-0.1, -0.05) is 54.6 Å². The SMILES string of the molecule is Cn1nc(N2CCCC2)nc1C[P+](c1ccccc1)(c1ccccc1)c1ccccc1. The van der Waals surface area contributed by atoms with Gasteiger partial charge in [-0.3, -0.25) is 0 Å². The molecule has 0 unspecified atom stereocenters. The maximum atomic E-state index is 5.06. The quantitative estimate of drug-likeness (QED) is 0.438. The third-order valence-electron chi connectivity index (χ3n) is 6.20. The third-order valence-corrected chi connectivity index (χ3v) is 10.5. The first-order chi connectivity index (χ1) is 15.3. The molecule has 1 saturated heterocycles. The molecule has 1 aliphatic heterocycles. The van der Waals surface area contributed by atoms with Gasteiger partial charge in [0, 0.05) is 20.1 Å². The smallest absolute Gasteiger partial charge is 0.245 e. The van der Waals surface area contributed by atoms with Crippen molar-refractivity contribution in [2.45, 2.75) is 19.0 Å². The van der Waals surface area contributed by atoms with Crippen molar-refractivity contribution >= 4 is 29.1 Å². The molecule has 0 saturated carbocycles. The molecular weight excluding hydrogens is 399 g/mol. The summed E-state index contributed by atoms with van der Waals surface area (Å²) in [5.41, 5.74) is 0. The number of rotatable bonds is 6. The van der Waals surface area contributed by atoms with Crippen LogP contribution in [0.2, 0.25) is 0 Å². The summed E-state index contributed by atoms with van der Waals surface area (Å²) in [6, 6.07) is 32.9. The van der Waals surface area contributed by atoms with Gasteiger partial charge < -0.3 is 4.90 Å². The van der Waals surface area contributed by atoms with Crippen LogP contribution in [-0.2, 0) is 13.2 Å². The van der Waals surface area contributed by atoms with Gasteiger partial charge >= 0.3 is 0 Å². The first-order valence-corrected chi connectivity index (χ1v) is 12.9. The largest absolute Gasteiger partial charge is 0.340 e. The molecule has 4 nitrogen and oxygen atoms in total. The zero-order chi connectivity index (χ0) is 21.1. The van der Waals surface area contributed by atoms with Crippen molar-refractivity contribution in [3.05, 3.63) is 96.8 Å². The first-order valence-electron chi connectivity index (χ1n) is 11.0. The number of aryl methyl sites for hydroxylation is 1. The summed E-state index contributed by atoms with van der Waals surface area (Å²) in [7, 11) is 0.0771. The topological polar surface area (TPSA) is 34.0 Å². The Balaban J connectivity index is 1.69. The van der Waals surface area contributed by atoms with E-state index >= 15 is 0 Å². The Hall–Kier alpha value is -2.97. The summed E-state index contributed by atoms with van der Waals surface area (Å²) in [6.45, 7) is 2.11. The fourth-order valence-corrected chi connectivity index (χ4v) is 8.76. The van der Waals surface area contributed by atoms with Crippen LogP contribution in [0.5, 0.6) is 0 Å². The van der Waals surface area contributed by atoms with Crippen LogP contribution in [0, 0.1) is 0 Å². The van der Waals surface area contributed by atoms with Crippen LogP contribution in [0.25, 0.3) is 0 Å². The van der Waals surface area contributed by atoms with Crippen LogP contribution in [0.15, 0.2) is 91.0 Å². The van der Waals surface area contributed by atoms with E-state index in [1.165, 1.54) is 28.8 Å². The van der Waals surface area contributed by atoms with E-state index < -0.39 is 7.26 Å². The normalized spacial score (nSPS) is 14.2. The zero-order valence-corrected chi connectivity index (χ0v) is 18.8. The average molecular weight is 428 g/mol. The van der Waals surface area contributed by atoms with E-state index in [0.29, 0.717) is 0 Å². The van der Waals surface area contributed by atoms with Gasteiger partial charge in [-0.25, -0.2) is 4.68 Å². The van der Waals surface area contributed by atoms with Crippen molar-refractivity contribution in [2.75, 3.05) is 18.0 Å². The number of benzene rings is 3. The second-order valence-corrected chi connectivity index (χ2v) is 11.6. The molecule has 0 amide bonds. The molecule has 4 aromatic rings. The highest BCUT2D eigenvalue weighted by Gasteiger charge is 2.46. The molecule has 5 rings (SSSR count). The monoisotopic (exact) mass is 427 g/mol. The van der Waals surface area contributed by atoms with Crippen LogP contribution in [0.3, 0.4) is 0 Å². The third kappa shape index (κ3) is 3.77. The Morgan fingerprint density at radius 1 is 0.710 bits per heavy atom. The summed E-state index contributed by atoms with van der Waals surface area (Å²) < 4.78 is 2.00. The lowest BCUT2D eigenvalue weighted by atomic mass is 10.4. The number of nitrogens with zero attached hydrogens (tertiary/aromatic N) is 4. The van der Waals surface area contributed by atoms with Gasteiger partial charge in [0.05, 0.1) is 0 Å². The number of anilines is 1. The van der Waals surface area contributed by atoms with Crippen molar-refractivity contribution < 1.29 is 0 Å². The molecule has 0 N–H and O–H groups in total. The summed E-state index contributed by atoms with van der Waals surface area (Å²) in [5, 5.41) is 8.93. The van der Waals surface area contributed by atoms with Gasteiger partial charge in [0.1, 0.15) is 29.3 Å². The molecule has 3 aromatic carbocycles. The predicted octanol–water partition coefficient (Wildman–Crippen LogP) is 3.91. The van der Waals surface area contributed by atoms with E-state index in [1.807, 2.05) is 11.7 Å². The van der Waals surface area contributed by atoms with Crippen LogP contribution >= 0.6 is 7.26 Å². The Kier molecular flexibility index (Phi) is 5.57. The second-order valence-electron chi connectivity index (χ2n) is 8.12. The molecule has 0 spiro atoms. The molecule has 5 heteroatoms. The van der Waals surface area contributed by atoms with Gasteiger partial charge in [0.25, 0.3) is 0 Å². The Labute approximate surface area is 184 Å². The number of aromatic nitrogens is 3.